The van der Waals surface area contributed by atoms with Crippen LogP contribution in [0.1, 0.15) is 57.2 Å². The van der Waals surface area contributed by atoms with Crippen LogP contribution in [0.15, 0.2) is 24.3 Å². The Kier molecular flexibility index (Phi) is 5.94. The maximum atomic E-state index is 12.2. The highest BCUT2D eigenvalue weighted by atomic mass is 16.4. The van der Waals surface area contributed by atoms with Crippen LogP contribution in [0.4, 0.5) is 0 Å². The molecule has 0 heterocycles. The SMILES string of the molecule is CCC(CC)(CC(=O)NC(C)c1ccccc1C)C(=O)O. The molecule has 0 radical (unpaired) electrons. The number of hydrogen-bond donors (Lipinski definition) is 2. The van der Waals surface area contributed by atoms with Gasteiger partial charge in [0.1, 0.15) is 0 Å². The standard InChI is InChI=1S/C17H25NO3/c1-5-17(6-2,16(20)21)11-15(19)18-13(4)14-10-8-7-9-12(14)3/h7-10,13H,5-6,11H2,1-4H3,(H,18,19)(H,20,21). The highest BCUT2D eigenvalue weighted by Gasteiger charge is 2.37. The van der Waals surface area contributed by atoms with E-state index in [9.17, 15) is 14.7 Å². The quantitative estimate of drug-likeness (QED) is 0.808. The molecule has 0 saturated carbocycles. The van der Waals surface area contributed by atoms with Crippen molar-refractivity contribution in [3.63, 3.8) is 0 Å². The highest BCUT2D eigenvalue weighted by Crippen LogP contribution is 2.31. The molecule has 0 bridgehead atoms. The minimum atomic E-state index is -0.963. The van der Waals surface area contributed by atoms with E-state index < -0.39 is 11.4 Å². The van der Waals surface area contributed by atoms with Gasteiger partial charge in [-0.1, -0.05) is 38.1 Å². The summed E-state index contributed by atoms with van der Waals surface area (Å²) >= 11 is 0. The monoisotopic (exact) mass is 291 g/mol. The van der Waals surface area contributed by atoms with Gasteiger partial charge in [-0.05, 0) is 37.8 Å². The molecule has 1 amide bonds. The Bertz CT molecular complexity index is 507. The van der Waals surface area contributed by atoms with Crippen LogP contribution in [0, 0.1) is 12.3 Å². The van der Waals surface area contributed by atoms with Gasteiger partial charge in [0, 0.05) is 6.42 Å². The van der Waals surface area contributed by atoms with Gasteiger partial charge in [0.2, 0.25) is 5.91 Å². The van der Waals surface area contributed by atoms with Gasteiger partial charge in [-0.3, -0.25) is 9.59 Å². The Morgan fingerprint density at radius 3 is 2.29 bits per heavy atom. The van der Waals surface area contributed by atoms with Crippen molar-refractivity contribution in [3.8, 4) is 0 Å². The van der Waals surface area contributed by atoms with Gasteiger partial charge in [0.15, 0.2) is 0 Å². The second kappa shape index (κ2) is 7.25. The van der Waals surface area contributed by atoms with Crippen LogP contribution in [-0.2, 0) is 9.59 Å². The van der Waals surface area contributed by atoms with E-state index in [0.717, 1.165) is 11.1 Å². The lowest BCUT2D eigenvalue weighted by atomic mass is 9.79. The van der Waals surface area contributed by atoms with E-state index in [1.54, 1.807) is 0 Å². The van der Waals surface area contributed by atoms with Crippen LogP contribution >= 0.6 is 0 Å². The van der Waals surface area contributed by atoms with E-state index in [0.29, 0.717) is 12.8 Å². The average molecular weight is 291 g/mol. The Labute approximate surface area is 126 Å². The number of carbonyl (C=O) groups excluding carboxylic acids is 1. The first-order valence-electron chi connectivity index (χ1n) is 7.44. The third-order valence-electron chi connectivity index (χ3n) is 4.34. The summed E-state index contributed by atoms with van der Waals surface area (Å²) in [6.45, 7) is 7.55. The Morgan fingerprint density at radius 2 is 1.81 bits per heavy atom. The molecule has 1 unspecified atom stereocenters. The van der Waals surface area contributed by atoms with Gasteiger partial charge >= 0.3 is 5.97 Å². The molecule has 4 heteroatoms. The normalized spacial score (nSPS) is 12.8. The van der Waals surface area contributed by atoms with Gasteiger partial charge in [-0.15, -0.1) is 0 Å². The number of benzene rings is 1. The van der Waals surface area contributed by atoms with Crippen molar-refractivity contribution in [2.45, 2.75) is 53.0 Å². The number of hydrogen-bond acceptors (Lipinski definition) is 2. The van der Waals surface area contributed by atoms with Gasteiger partial charge in [-0.2, -0.15) is 0 Å². The van der Waals surface area contributed by atoms with Crippen molar-refractivity contribution in [2.24, 2.45) is 5.41 Å². The Balaban J connectivity index is 2.77. The zero-order valence-electron chi connectivity index (χ0n) is 13.3. The molecular weight excluding hydrogens is 266 g/mol. The summed E-state index contributed by atoms with van der Waals surface area (Å²) in [5.41, 5.74) is 1.20. The largest absolute Gasteiger partial charge is 0.481 e. The summed E-state index contributed by atoms with van der Waals surface area (Å²) in [6, 6.07) is 7.74. The van der Waals surface area contributed by atoms with Crippen molar-refractivity contribution < 1.29 is 14.7 Å². The average Bonchev–Trinajstić information content (AvgIpc) is 2.44. The van der Waals surface area contributed by atoms with E-state index in [-0.39, 0.29) is 18.4 Å². The third kappa shape index (κ3) is 4.06. The number of carboxylic acids is 1. The molecule has 116 valence electrons. The number of rotatable bonds is 7. The lowest BCUT2D eigenvalue weighted by molar-refractivity contribution is -0.152. The third-order valence-corrected chi connectivity index (χ3v) is 4.34. The number of aliphatic carboxylic acids is 1. The maximum absolute atomic E-state index is 12.2. The molecule has 1 atom stereocenters. The van der Waals surface area contributed by atoms with Crippen molar-refractivity contribution in [2.75, 3.05) is 0 Å². The van der Waals surface area contributed by atoms with Gasteiger partial charge in [0.25, 0.3) is 0 Å². The molecule has 1 rings (SSSR count). The number of amides is 1. The van der Waals surface area contributed by atoms with Crippen LogP contribution in [0.5, 0.6) is 0 Å². The Hall–Kier alpha value is -1.84. The van der Waals surface area contributed by atoms with Gasteiger partial charge < -0.3 is 10.4 Å². The summed E-state index contributed by atoms with van der Waals surface area (Å²) < 4.78 is 0. The fraction of sp³-hybridized carbons (Fsp3) is 0.529. The second-order valence-electron chi connectivity index (χ2n) is 5.62. The molecule has 0 aromatic heterocycles. The predicted octanol–water partition coefficient (Wildman–Crippen LogP) is 3.45. The first-order valence-corrected chi connectivity index (χ1v) is 7.44. The van der Waals surface area contributed by atoms with Crippen LogP contribution in [0.3, 0.4) is 0 Å². The minimum absolute atomic E-state index is 0.0194. The van der Waals surface area contributed by atoms with E-state index >= 15 is 0 Å². The highest BCUT2D eigenvalue weighted by molar-refractivity contribution is 5.85. The van der Waals surface area contributed by atoms with E-state index in [1.807, 2.05) is 52.0 Å². The molecule has 1 aromatic carbocycles. The summed E-state index contributed by atoms with van der Waals surface area (Å²) in [7, 11) is 0. The number of carboxylic acid groups (broad SMARTS) is 1. The van der Waals surface area contributed by atoms with Crippen molar-refractivity contribution in [1.82, 2.24) is 5.32 Å². The Morgan fingerprint density at radius 1 is 1.24 bits per heavy atom. The number of carbonyl (C=O) groups is 2. The van der Waals surface area contributed by atoms with Crippen molar-refractivity contribution >= 4 is 11.9 Å². The molecule has 0 aliphatic heterocycles. The first-order chi connectivity index (χ1) is 9.86. The fourth-order valence-corrected chi connectivity index (χ4v) is 2.63. The lowest BCUT2D eigenvalue weighted by Gasteiger charge is -2.27. The van der Waals surface area contributed by atoms with E-state index in [4.69, 9.17) is 0 Å². The minimum Gasteiger partial charge on any atom is -0.481 e. The molecule has 0 fully saturated rings. The first kappa shape index (κ1) is 17.2. The lowest BCUT2D eigenvalue weighted by Crippen LogP contribution is -2.37. The molecule has 0 saturated heterocycles. The van der Waals surface area contributed by atoms with Crippen molar-refractivity contribution in [1.29, 1.82) is 0 Å². The molecule has 0 aliphatic carbocycles. The van der Waals surface area contributed by atoms with Crippen LogP contribution in [0.25, 0.3) is 0 Å². The number of aryl methyl sites for hydroxylation is 1. The fourth-order valence-electron chi connectivity index (χ4n) is 2.63. The predicted molar refractivity (Wildman–Crippen MR) is 83.0 cm³/mol. The van der Waals surface area contributed by atoms with E-state index in [2.05, 4.69) is 5.32 Å². The van der Waals surface area contributed by atoms with Gasteiger partial charge in [0.05, 0.1) is 11.5 Å². The molecule has 21 heavy (non-hydrogen) atoms. The smallest absolute Gasteiger partial charge is 0.310 e. The van der Waals surface area contributed by atoms with Crippen LogP contribution in [-0.4, -0.2) is 17.0 Å². The summed E-state index contributed by atoms with van der Waals surface area (Å²) in [5.74, 6) is -1.11. The molecule has 0 spiro atoms. The van der Waals surface area contributed by atoms with Gasteiger partial charge in [-0.25, -0.2) is 0 Å². The summed E-state index contributed by atoms with van der Waals surface area (Å²) in [4.78, 5) is 23.7. The molecule has 0 aliphatic rings. The van der Waals surface area contributed by atoms with Crippen molar-refractivity contribution in [3.05, 3.63) is 35.4 Å². The molecule has 1 aromatic rings. The molecule has 2 N–H and O–H groups in total. The number of nitrogens with one attached hydrogen (secondary N) is 1. The zero-order valence-corrected chi connectivity index (χ0v) is 13.3. The molecule has 4 nitrogen and oxygen atoms in total. The molecular formula is C17H25NO3. The summed E-state index contributed by atoms with van der Waals surface area (Å²) in [5, 5.41) is 12.3. The summed E-state index contributed by atoms with van der Waals surface area (Å²) in [6.07, 6.45) is 0.918. The maximum Gasteiger partial charge on any atom is 0.310 e. The van der Waals surface area contributed by atoms with E-state index in [1.165, 1.54) is 0 Å². The topological polar surface area (TPSA) is 66.4 Å². The second-order valence-corrected chi connectivity index (χ2v) is 5.62. The zero-order chi connectivity index (χ0) is 16.0. The van der Waals surface area contributed by atoms with Crippen LogP contribution in [0.2, 0.25) is 0 Å². The van der Waals surface area contributed by atoms with Crippen LogP contribution < -0.4 is 5.32 Å².